The molecule has 0 bridgehead atoms. The van der Waals surface area contributed by atoms with Gasteiger partial charge in [-0.2, -0.15) is 0 Å². The molecule has 96 valence electrons. The maximum Gasteiger partial charge on any atom is 0.189 e. The predicted molar refractivity (Wildman–Crippen MR) is 87.9 cm³/mol. The molecule has 0 saturated carbocycles. The van der Waals surface area contributed by atoms with Crippen LogP contribution in [0, 0.1) is 0 Å². The molecule has 0 amide bonds. The first-order valence-corrected chi connectivity index (χ1v) is 6.18. The standard InChI is InChI=1S/C10H13Cl2N3S.HI/c1-6(2)4-14-10(13)15-5-7-3-8(11)16-9(7)12;/h3H,1,4-5H2,2H3,(H3,13,14,15);1H. The van der Waals surface area contributed by atoms with E-state index in [1.807, 2.05) is 6.92 Å². The molecular formula is C10H14Cl2IN3S. The molecule has 1 aromatic rings. The number of aliphatic imine (C=N–C) groups is 1. The summed E-state index contributed by atoms with van der Waals surface area (Å²) in [5.41, 5.74) is 7.53. The van der Waals surface area contributed by atoms with E-state index in [0.29, 0.717) is 27.7 Å². The summed E-state index contributed by atoms with van der Waals surface area (Å²) < 4.78 is 1.31. The zero-order valence-corrected chi connectivity index (χ0v) is 14.0. The first kappa shape index (κ1) is 17.0. The largest absolute Gasteiger partial charge is 0.370 e. The maximum absolute atomic E-state index is 5.95. The van der Waals surface area contributed by atoms with Crippen molar-refractivity contribution < 1.29 is 0 Å². The van der Waals surface area contributed by atoms with Crippen molar-refractivity contribution in [1.82, 2.24) is 5.32 Å². The number of rotatable bonds is 4. The fourth-order valence-corrected chi connectivity index (χ4v) is 2.42. The van der Waals surface area contributed by atoms with E-state index in [1.54, 1.807) is 6.07 Å². The summed E-state index contributed by atoms with van der Waals surface area (Å²) in [6.45, 7) is 6.71. The lowest BCUT2D eigenvalue weighted by Gasteiger charge is -2.04. The van der Waals surface area contributed by atoms with E-state index in [1.165, 1.54) is 11.3 Å². The van der Waals surface area contributed by atoms with Crippen molar-refractivity contribution in [3.8, 4) is 0 Å². The Bertz CT molecular complexity index is 418. The number of halogens is 3. The molecule has 0 radical (unpaired) electrons. The molecule has 0 saturated heterocycles. The predicted octanol–water partition coefficient (Wildman–Crippen LogP) is 3.65. The molecule has 7 heteroatoms. The van der Waals surface area contributed by atoms with E-state index < -0.39 is 0 Å². The minimum Gasteiger partial charge on any atom is -0.370 e. The Balaban J connectivity index is 0.00000256. The molecule has 3 N–H and O–H groups in total. The van der Waals surface area contributed by atoms with Gasteiger partial charge in [-0.1, -0.05) is 35.4 Å². The third-order valence-corrected chi connectivity index (χ3v) is 3.29. The molecule has 1 heterocycles. The Morgan fingerprint density at radius 3 is 2.71 bits per heavy atom. The highest BCUT2D eigenvalue weighted by Gasteiger charge is 2.04. The lowest BCUT2D eigenvalue weighted by atomic mass is 10.3. The van der Waals surface area contributed by atoms with Crippen LogP contribution >= 0.6 is 58.5 Å². The van der Waals surface area contributed by atoms with Crippen LogP contribution in [0.15, 0.2) is 23.2 Å². The van der Waals surface area contributed by atoms with Crippen molar-refractivity contribution in [3.05, 3.63) is 32.5 Å². The average Bonchev–Trinajstić information content (AvgIpc) is 2.51. The van der Waals surface area contributed by atoms with E-state index in [0.717, 1.165) is 11.1 Å². The Hall–Kier alpha value is 0.0200. The topological polar surface area (TPSA) is 50.4 Å². The number of hydrogen-bond donors (Lipinski definition) is 2. The third kappa shape index (κ3) is 6.49. The molecule has 0 aliphatic carbocycles. The fourth-order valence-electron chi connectivity index (χ4n) is 0.950. The molecular weight excluding hydrogens is 392 g/mol. The van der Waals surface area contributed by atoms with E-state index in [4.69, 9.17) is 28.9 Å². The second-order valence-electron chi connectivity index (χ2n) is 3.36. The Morgan fingerprint density at radius 1 is 1.59 bits per heavy atom. The molecule has 0 aliphatic rings. The number of hydrogen-bond acceptors (Lipinski definition) is 2. The van der Waals surface area contributed by atoms with Crippen molar-refractivity contribution in [2.45, 2.75) is 13.5 Å². The van der Waals surface area contributed by atoms with Gasteiger partial charge in [-0.3, -0.25) is 0 Å². The summed E-state index contributed by atoms with van der Waals surface area (Å²) in [6.07, 6.45) is 0. The highest BCUT2D eigenvalue weighted by molar-refractivity contribution is 14.0. The van der Waals surface area contributed by atoms with Gasteiger partial charge in [-0.25, -0.2) is 4.99 Å². The van der Waals surface area contributed by atoms with Gasteiger partial charge < -0.3 is 11.1 Å². The number of nitrogens with two attached hydrogens (primary N) is 1. The Labute approximate surface area is 132 Å². The zero-order chi connectivity index (χ0) is 12.1. The van der Waals surface area contributed by atoms with Crippen molar-refractivity contribution in [2.24, 2.45) is 10.7 Å². The van der Waals surface area contributed by atoms with Crippen molar-refractivity contribution in [3.63, 3.8) is 0 Å². The first-order chi connectivity index (χ1) is 7.49. The summed E-state index contributed by atoms with van der Waals surface area (Å²) in [7, 11) is 0. The minimum atomic E-state index is 0. The van der Waals surface area contributed by atoms with Gasteiger partial charge in [0.05, 0.1) is 15.2 Å². The lowest BCUT2D eigenvalue weighted by molar-refractivity contribution is 0.942. The number of guanidine groups is 1. The minimum absolute atomic E-state index is 0. The molecule has 3 nitrogen and oxygen atoms in total. The monoisotopic (exact) mass is 405 g/mol. The summed E-state index contributed by atoms with van der Waals surface area (Å²) in [6, 6.07) is 1.80. The van der Waals surface area contributed by atoms with Crippen molar-refractivity contribution in [1.29, 1.82) is 0 Å². The van der Waals surface area contributed by atoms with Crippen LogP contribution in [0.3, 0.4) is 0 Å². The van der Waals surface area contributed by atoms with Crippen LogP contribution < -0.4 is 11.1 Å². The number of thiophene rings is 1. The smallest absolute Gasteiger partial charge is 0.189 e. The summed E-state index contributed by atoms with van der Waals surface area (Å²) in [5.74, 6) is 0.376. The highest BCUT2D eigenvalue weighted by atomic mass is 127. The zero-order valence-electron chi connectivity index (χ0n) is 9.30. The van der Waals surface area contributed by atoms with Crippen LogP contribution in [-0.2, 0) is 6.54 Å². The molecule has 0 aromatic carbocycles. The maximum atomic E-state index is 5.95. The summed E-state index contributed by atoms with van der Waals surface area (Å²) in [5, 5.41) is 2.93. The molecule has 1 aromatic heterocycles. The van der Waals surface area contributed by atoms with Gasteiger partial charge in [-0.15, -0.1) is 35.3 Å². The van der Waals surface area contributed by atoms with Crippen LogP contribution in [0.5, 0.6) is 0 Å². The van der Waals surface area contributed by atoms with Crippen molar-refractivity contribution >= 4 is 64.5 Å². The van der Waals surface area contributed by atoms with Crippen LogP contribution in [-0.4, -0.2) is 12.5 Å². The molecule has 1 rings (SSSR count). The van der Waals surface area contributed by atoms with Crippen LogP contribution in [0.4, 0.5) is 0 Å². The van der Waals surface area contributed by atoms with Gasteiger partial charge in [-0.05, 0) is 13.0 Å². The highest BCUT2D eigenvalue weighted by Crippen LogP contribution is 2.31. The van der Waals surface area contributed by atoms with Gasteiger partial charge in [0.25, 0.3) is 0 Å². The summed E-state index contributed by atoms with van der Waals surface area (Å²) in [4.78, 5) is 4.15. The van der Waals surface area contributed by atoms with Gasteiger partial charge in [0.15, 0.2) is 5.96 Å². The Kier molecular flexibility index (Phi) is 8.19. The molecule has 0 atom stereocenters. The van der Waals surface area contributed by atoms with E-state index in [-0.39, 0.29) is 24.0 Å². The molecule has 0 unspecified atom stereocenters. The first-order valence-electron chi connectivity index (χ1n) is 4.61. The molecule has 0 fully saturated rings. The SMILES string of the molecule is C=C(C)CNC(N)=NCc1cc(Cl)sc1Cl.I. The second-order valence-corrected chi connectivity index (χ2v) is 5.65. The number of nitrogens with zero attached hydrogens (tertiary/aromatic N) is 1. The number of nitrogens with one attached hydrogen (secondary N) is 1. The van der Waals surface area contributed by atoms with Gasteiger partial charge in [0.2, 0.25) is 0 Å². The van der Waals surface area contributed by atoms with Crippen LogP contribution in [0.2, 0.25) is 8.67 Å². The van der Waals surface area contributed by atoms with Gasteiger partial charge in [0, 0.05) is 12.1 Å². The van der Waals surface area contributed by atoms with E-state index >= 15 is 0 Å². The van der Waals surface area contributed by atoms with Gasteiger partial charge >= 0.3 is 0 Å². The van der Waals surface area contributed by atoms with Crippen molar-refractivity contribution in [2.75, 3.05) is 6.54 Å². The third-order valence-electron chi connectivity index (χ3n) is 1.72. The van der Waals surface area contributed by atoms with Crippen LogP contribution in [0.25, 0.3) is 0 Å². The molecule has 17 heavy (non-hydrogen) atoms. The Morgan fingerprint density at radius 2 is 2.24 bits per heavy atom. The molecule has 0 spiro atoms. The second kappa shape index (κ2) is 8.18. The lowest BCUT2D eigenvalue weighted by Crippen LogP contribution is -2.32. The molecule has 0 aliphatic heterocycles. The average molecular weight is 406 g/mol. The fraction of sp³-hybridized carbons (Fsp3) is 0.300. The van der Waals surface area contributed by atoms with E-state index in [2.05, 4.69) is 16.9 Å². The summed E-state index contributed by atoms with van der Waals surface area (Å²) >= 11 is 13.1. The van der Waals surface area contributed by atoms with Crippen LogP contribution in [0.1, 0.15) is 12.5 Å². The van der Waals surface area contributed by atoms with Gasteiger partial charge in [0.1, 0.15) is 0 Å². The normalized spacial score (nSPS) is 10.9. The van der Waals surface area contributed by atoms with E-state index in [9.17, 15) is 0 Å². The quantitative estimate of drug-likeness (QED) is 0.347.